The third kappa shape index (κ3) is 3.93. The molecule has 0 spiro atoms. The highest BCUT2D eigenvalue weighted by molar-refractivity contribution is 7.90. The van der Waals surface area contributed by atoms with Crippen LogP contribution in [-0.2, 0) is 10.0 Å². The van der Waals surface area contributed by atoms with Gasteiger partial charge in [0.2, 0.25) is 10.0 Å². The number of hydrogen-bond acceptors (Lipinski definition) is 3. The lowest BCUT2D eigenvalue weighted by Crippen LogP contribution is -2.55. The Hall–Kier alpha value is -0.130. The van der Waals surface area contributed by atoms with E-state index < -0.39 is 10.0 Å². The van der Waals surface area contributed by atoms with E-state index in [0.29, 0.717) is 6.54 Å². The molecule has 0 heterocycles. The van der Waals surface area contributed by atoms with Gasteiger partial charge in [-0.25, -0.2) is 13.1 Å². The second-order valence-corrected chi connectivity index (χ2v) is 7.25. The summed E-state index contributed by atoms with van der Waals surface area (Å²) in [6, 6.07) is 0. The number of nitrogens with one attached hydrogen (secondary N) is 2. The summed E-state index contributed by atoms with van der Waals surface area (Å²) in [6.45, 7) is 7.31. The second-order valence-electron chi connectivity index (χ2n) is 5.15. The van der Waals surface area contributed by atoms with Crippen molar-refractivity contribution in [2.24, 2.45) is 0 Å². The second kappa shape index (κ2) is 6.16. The molecule has 1 aliphatic rings. The first-order valence-corrected chi connectivity index (χ1v) is 8.24. The fourth-order valence-corrected chi connectivity index (χ4v) is 3.62. The van der Waals surface area contributed by atoms with E-state index >= 15 is 0 Å². The zero-order valence-corrected chi connectivity index (χ0v) is 12.1. The van der Waals surface area contributed by atoms with E-state index in [1.54, 1.807) is 6.92 Å². The maximum Gasteiger partial charge on any atom is 0.215 e. The Bertz CT molecular complexity index is 318. The summed E-state index contributed by atoms with van der Waals surface area (Å²) in [5, 5.41) is 2.80. The fraction of sp³-hybridized carbons (Fsp3) is 1.00. The van der Waals surface area contributed by atoms with Crippen LogP contribution < -0.4 is 10.0 Å². The zero-order chi connectivity index (χ0) is 12.9. The smallest absolute Gasteiger partial charge is 0.215 e. The topological polar surface area (TPSA) is 58.2 Å². The van der Waals surface area contributed by atoms with E-state index in [1.165, 1.54) is 0 Å². The molecule has 2 N–H and O–H groups in total. The molecular weight excluding hydrogens is 236 g/mol. The lowest BCUT2D eigenvalue weighted by Gasteiger charge is -2.42. The molecule has 1 unspecified atom stereocenters. The van der Waals surface area contributed by atoms with Gasteiger partial charge in [0.05, 0.1) is 5.25 Å². The number of sulfonamides is 1. The van der Waals surface area contributed by atoms with Crippen LogP contribution in [0.1, 0.15) is 52.9 Å². The molecule has 0 amide bonds. The molecule has 0 aromatic heterocycles. The molecule has 102 valence electrons. The minimum absolute atomic E-state index is 0.141. The third-order valence-corrected chi connectivity index (χ3v) is 5.68. The van der Waals surface area contributed by atoms with Crippen molar-refractivity contribution >= 4 is 10.0 Å². The first-order valence-electron chi connectivity index (χ1n) is 6.69. The van der Waals surface area contributed by atoms with E-state index in [9.17, 15) is 8.42 Å². The Kier molecular flexibility index (Phi) is 5.41. The fourth-order valence-electron chi connectivity index (χ4n) is 2.13. The van der Waals surface area contributed by atoms with E-state index in [2.05, 4.69) is 23.9 Å². The lowest BCUT2D eigenvalue weighted by molar-refractivity contribution is 0.213. The molecule has 1 aliphatic carbocycles. The van der Waals surface area contributed by atoms with Crippen LogP contribution >= 0.6 is 0 Å². The lowest BCUT2D eigenvalue weighted by atomic mass is 9.76. The molecule has 0 aliphatic heterocycles. The minimum atomic E-state index is -3.18. The monoisotopic (exact) mass is 262 g/mol. The van der Waals surface area contributed by atoms with Crippen molar-refractivity contribution in [2.75, 3.05) is 13.1 Å². The van der Waals surface area contributed by atoms with Crippen LogP contribution in [0.15, 0.2) is 0 Å². The summed E-state index contributed by atoms with van der Waals surface area (Å²) in [6.07, 6.45) is 5.02. The van der Waals surface area contributed by atoms with Gasteiger partial charge in [-0.2, -0.15) is 0 Å². The molecule has 1 rings (SSSR count). The van der Waals surface area contributed by atoms with E-state index in [0.717, 1.165) is 38.6 Å². The van der Waals surface area contributed by atoms with Gasteiger partial charge in [-0.05, 0) is 45.6 Å². The molecule has 0 aromatic rings. The quantitative estimate of drug-likeness (QED) is 0.654. The first kappa shape index (κ1) is 14.9. The molecule has 1 saturated carbocycles. The number of rotatable bonds is 8. The number of hydrogen-bond donors (Lipinski definition) is 2. The maximum absolute atomic E-state index is 12.1. The van der Waals surface area contributed by atoms with Crippen molar-refractivity contribution in [2.45, 2.75) is 63.7 Å². The Morgan fingerprint density at radius 2 is 1.94 bits per heavy atom. The van der Waals surface area contributed by atoms with Crippen molar-refractivity contribution in [1.82, 2.24) is 10.0 Å². The van der Waals surface area contributed by atoms with Crippen LogP contribution in [0.2, 0.25) is 0 Å². The van der Waals surface area contributed by atoms with Gasteiger partial charge in [-0.1, -0.05) is 13.8 Å². The van der Waals surface area contributed by atoms with Crippen LogP contribution in [0.3, 0.4) is 0 Å². The summed E-state index contributed by atoms with van der Waals surface area (Å²) >= 11 is 0. The standard InChI is InChI=1S/C12H26N2O2S/c1-4-9-13-10-11(3)17(15,16)14-12(5-2)7-6-8-12/h11,13-14H,4-10H2,1-3H3. The molecule has 0 radical (unpaired) electrons. The van der Waals surface area contributed by atoms with E-state index in [4.69, 9.17) is 0 Å². The van der Waals surface area contributed by atoms with Gasteiger partial charge in [0.15, 0.2) is 0 Å². The van der Waals surface area contributed by atoms with Crippen LogP contribution in [0, 0.1) is 0 Å². The molecule has 17 heavy (non-hydrogen) atoms. The SMILES string of the molecule is CCCNCC(C)S(=O)(=O)NC1(CC)CCC1. The predicted molar refractivity (Wildman–Crippen MR) is 71.6 cm³/mol. The van der Waals surface area contributed by atoms with Crippen molar-refractivity contribution in [1.29, 1.82) is 0 Å². The molecule has 1 fully saturated rings. The molecule has 4 nitrogen and oxygen atoms in total. The van der Waals surface area contributed by atoms with E-state index in [-0.39, 0.29) is 10.8 Å². The maximum atomic E-state index is 12.1. The van der Waals surface area contributed by atoms with Gasteiger partial charge in [0.1, 0.15) is 0 Å². The minimum Gasteiger partial charge on any atom is -0.315 e. The average molecular weight is 262 g/mol. The summed E-state index contributed by atoms with van der Waals surface area (Å²) in [5.74, 6) is 0. The largest absolute Gasteiger partial charge is 0.315 e. The van der Waals surface area contributed by atoms with Gasteiger partial charge >= 0.3 is 0 Å². The van der Waals surface area contributed by atoms with Crippen molar-refractivity contribution in [3.8, 4) is 0 Å². The Morgan fingerprint density at radius 3 is 2.35 bits per heavy atom. The van der Waals surface area contributed by atoms with Gasteiger partial charge in [-0.3, -0.25) is 0 Å². The first-order chi connectivity index (χ1) is 7.96. The van der Waals surface area contributed by atoms with Crippen molar-refractivity contribution in [3.05, 3.63) is 0 Å². The molecule has 0 bridgehead atoms. The van der Waals surface area contributed by atoms with Crippen LogP contribution in [-0.4, -0.2) is 32.3 Å². The van der Waals surface area contributed by atoms with Crippen molar-refractivity contribution < 1.29 is 8.42 Å². The van der Waals surface area contributed by atoms with Gasteiger partial charge in [-0.15, -0.1) is 0 Å². The summed E-state index contributed by atoms with van der Waals surface area (Å²) < 4.78 is 27.2. The summed E-state index contributed by atoms with van der Waals surface area (Å²) in [7, 11) is -3.18. The van der Waals surface area contributed by atoms with E-state index in [1.807, 2.05) is 0 Å². The van der Waals surface area contributed by atoms with Gasteiger partial charge in [0.25, 0.3) is 0 Å². The Balaban J connectivity index is 2.49. The average Bonchev–Trinajstić information content (AvgIpc) is 2.23. The molecule has 5 heteroatoms. The van der Waals surface area contributed by atoms with Crippen LogP contribution in [0.5, 0.6) is 0 Å². The Labute approximate surface area is 106 Å². The summed E-state index contributed by atoms with van der Waals surface area (Å²) in [4.78, 5) is 0. The molecule has 0 aromatic carbocycles. The highest BCUT2D eigenvalue weighted by Gasteiger charge is 2.39. The molecular formula is C12H26N2O2S. The predicted octanol–water partition coefficient (Wildman–Crippen LogP) is 1.63. The van der Waals surface area contributed by atoms with Gasteiger partial charge in [0, 0.05) is 12.1 Å². The zero-order valence-electron chi connectivity index (χ0n) is 11.3. The van der Waals surface area contributed by atoms with Gasteiger partial charge < -0.3 is 5.32 Å². The molecule has 1 atom stereocenters. The normalized spacial score (nSPS) is 20.9. The summed E-state index contributed by atoms with van der Waals surface area (Å²) in [5.41, 5.74) is -0.141. The van der Waals surface area contributed by atoms with Crippen molar-refractivity contribution in [3.63, 3.8) is 0 Å². The highest BCUT2D eigenvalue weighted by Crippen LogP contribution is 2.35. The van der Waals surface area contributed by atoms with Crippen LogP contribution in [0.25, 0.3) is 0 Å². The van der Waals surface area contributed by atoms with Crippen LogP contribution in [0.4, 0.5) is 0 Å². The molecule has 0 saturated heterocycles. The third-order valence-electron chi connectivity index (χ3n) is 3.73. The Morgan fingerprint density at radius 1 is 1.29 bits per heavy atom. The highest BCUT2D eigenvalue weighted by atomic mass is 32.2.